The van der Waals surface area contributed by atoms with Crippen molar-refractivity contribution in [1.29, 1.82) is 0 Å². The van der Waals surface area contributed by atoms with Crippen molar-refractivity contribution in [3.05, 3.63) is 79.2 Å². The molecule has 4 radical (unpaired) electrons. The average molecular weight is 396 g/mol. The van der Waals surface area contributed by atoms with Crippen LogP contribution < -0.4 is 11.2 Å². The molecule has 0 bridgehead atoms. The van der Waals surface area contributed by atoms with Crippen LogP contribution in [0.5, 0.6) is 0 Å². The Morgan fingerprint density at radius 2 is 1.93 bits per heavy atom. The Morgan fingerprint density at radius 1 is 1.29 bits per heavy atom. The molecule has 2 heterocycles. The topological polar surface area (TPSA) is 103 Å². The zero-order valence-corrected chi connectivity index (χ0v) is 15.9. The lowest BCUT2D eigenvalue weighted by Crippen LogP contribution is -2.40. The summed E-state index contributed by atoms with van der Waals surface area (Å²) in [5.74, 6) is -0.231. The monoisotopic (exact) mass is 396 g/mol. The number of aliphatic hydroxyl groups excluding tert-OH is 1. The number of hydrogen-bond acceptors (Lipinski definition) is 6. The van der Waals surface area contributed by atoms with Crippen LogP contribution in [0, 0.1) is 6.92 Å². The number of aromatic nitrogens is 4. The van der Waals surface area contributed by atoms with Crippen LogP contribution in [0.4, 0.5) is 0 Å². The second-order valence-electron chi connectivity index (χ2n) is 6.50. The van der Waals surface area contributed by atoms with Crippen molar-refractivity contribution >= 4 is 27.3 Å². The van der Waals surface area contributed by atoms with Crippen molar-refractivity contribution in [3.63, 3.8) is 0 Å². The average Bonchev–Trinajstić information content (AvgIpc) is 3.13. The Labute approximate surface area is 167 Å². The first-order valence-electron chi connectivity index (χ1n) is 8.22. The highest BCUT2D eigenvalue weighted by Crippen LogP contribution is 2.31. The fourth-order valence-corrected chi connectivity index (χ4v) is 2.83. The van der Waals surface area contributed by atoms with E-state index in [2.05, 4.69) is 10.1 Å². The van der Waals surface area contributed by atoms with E-state index in [1.54, 1.807) is 31.2 Å². The maximum Gasteiger partial charge on any atom is 0.331 e. The Hall–Kier alpha value is -2.58. The predicted octanol–water partition coefficient (Wildman–Crippen LogP) is 0.164. The van der Waals surface area contributed by atoms with Crippen LogP contribution in [0.2, 0.25) is 5.02 Å². The minimum Gasteiger partial charge on any atom is -0.389 e. The first-order valence-corrected chi connectivity index (χ1v) is 8.60. The molecule has 0 aliphatic heterocycles. The molecule has 0 spiro atoms. The van der Waals surface area contributed by atoms with Gasteiger partial charge in [-0.2, -0.15) is 4.98 Å². The summed E-state index contributed by atoms with van der Waals surface area (Å²) in [7, 11) is 13.6. The Balaban J connectivity index is 1.91. The molecule has 1 N–H and O–H groups in total. The second kappa shape index (κ2) is 7.44. The number of nitrogens with zero attached hydrogens (tertiary/aromatic N) is 4. The van der Waals surface area contributed by atoms with Crippen molar-refractivity contribution in [1.82, 2.24) is 19.3 Å². The van der Waals surface area contributed by atoms with Crippen molar-refractivity contribution in [2.75, 3.05) is 0 Å². The molecule has 1 atom stereocenters. The normalized spacial score (nSPS) is 12.9. The second-order valence-corrected chi connectivity index (χ2v) is 6.93. The van der Waals surface area contributed by atoms with Crippen LogP contribution >= 0.6 is 11.6 Å². The summed E-state index contributed by atoms with van der Waals surface area (Å²) in [4.78, 5) is 28.5. The van der Waals surface area contributed by atoms with Gasteiger partial charge in [0.1, 0.15) is 6.54 Å². The third-order valence-corrected chi connectivity index (χ3v) is 4.54. The van der Waals surface area contributed by atoms with E-state index in [4.69, 9.17) is 31.8 Å². The number of halogens is 1. The van der Waals surface area contributed by atoms with E-state index in [-0.39, 0.29) is 18.3 Å². The summed E-state index contributed by atoms with van der Waals surface area (Å²) < 4.78 is 7.32. The van der Waals surface area contributed by atoms with E-state index in [9.17, 15) is 14.7 Å². The molecular formula is C17H15B2ClN4O4. The maximum atomic E-state index is 12.2. The van der Waals surface area contributed by atoms with Gasteiger partial charge in [-0.15, -0.1) is 0 Å². The van der Waals surface area contributed by atoms with Gasteiger partial charge in [0.2, 0.25) is 5.89 Å². The summed E-state index contributed by atoms with van der Waals surface area (Å²) in [6, 6.07) is 6.30. The minimum absolute atomic E-state index is 0.0524. The summed E-state index contributed by atoms with van der Waals surface area (Å²) in [5, 5.41) is 12.8. The third-order valence-electron chi connectivity index (χ3n) is 4.29. The molecule has 3 rings (SSSR count). The molecule has 0 saturated carbocycles. The van der Waals surface area contributed by atoms with Gasteiger partial charge < -0.3 is 14.2 Å². The van der Waals surface area contributed by atoms with Crippen molar-refractivity contribution in [2.45, 2.75) is 24.8 Å². The number of aliphatic hydroxyl groups is 1. The van der Waals surface area contributed by atoms with Gasteiger partial charge in [0.25, 0.3) is 5.56 Å². The Kier molecular flexibility index (Phi) is 5.36. The Bertz CT molecular complexity index is 1090. The number of rotatable bonds is 5. The third kappa shape index (κ3) is 3.70. The molecule has 28 heavy (non-hydrogen) atoms. The van der Waals surface area contributed by atoms with Gasteiger partial charge in [-0.1, -0.05) is 28.9 Å². The molecule has 1 unspecified atom stereocenters. The number of benzene rings is 1. The number of hydrogen-bond donors (Lipinski definition) is 1. The van der Waals surface area contributed by atoms with Gasteiger partial charge in [-0.05, 0) is 29.8 Å². The van der Waals surface area contributed by atoms with E-state index in [1.165, 1.54) is 17.8 Å². The minimum atomic E-state index is -1.88. The molecule has 3 aromatic rings. The molecule has 8 nitrogen and oxygen atoms in total. The fraction of sp³-hybridized carbons (Fsp3) is 0.294. The van der Waals surface area contributed by atoms with E-state index < -0.39 is 22.6 Å². The fourth-order valence-electron chi connectivity index (χ4n) is 2.70. The molecule has 1 aromatic carbocycles. The summed E-state index contributed by atoms with van der Waals surface area (Å²) >= 11 is 5.84. The van der Waals surface area contributed by atoms with Crippen LogP contribution in [-0.2, 0) is 18.8 Å². The largest absolute Gasteiger partial charge is 0.389 e. The van der Waals surface area contributed by atoms with Crippen LogP contribution in [0.1, 0.15) is 28.9 Å². The smallest absolute Gasteiger partial charge is 0.331 e. The molecule has 140 valence electrons. The van der Waals surface area contributed by atoms with E-state index >= 15 is 0 Å². The van der Waals surface area contributed by atoms with Crippen LogP contribution in [0.3, 0.4) is 0 Å². The van der Waals surface area contributed by atoms with Crippen LogP contribution in [0.25, 0.3) is 0 Å². The molecule has 0 aliphatic rings. The summed E-state index contributed by atoms with van der Waals surface area (Å²) in [6.45, 7) is 1.33. The molecule has 0 saturated heterocycles. The molecular weight excluding hydrogens is 381 g/mol. The molecule has 2 aromatic heterocycles. The highest BCUT2D eigenvalue weighted by atomic mass is 35.5. The van der Waals surface area contributed by atoms with Gasteiger partial charge in [-0.25, -0.2) is 4.79 Å². The van der Waals surface area contributed by atoms with Crippen molar-refractivity contribution < 1.29 is 9.63 Å². The van der Waals surface area contributed by atoms with Gasteiger partial charge in [0, 0.05) is 23.8 Å². The molecule has 0 fully saturated rings. The highest BCUT2D eigenvalue weighted by Gasteiger charge is 2.34. The lowest BCUT2D eigenvalue weighted by Gasteiger charge is -2.28. The van der Waals surface area contributed by atoms with Gasteiger partial charge >= 0.3 is 5.69 Å². The van der Waals surface area contributed by atoms with Crippen molar-refractivity contribution in [2.24, 2.45) is 7.05 Å². The SMILES string of the molecule is [B]C([B])(c1noc(Cn2c(=O)c(C)cn(C)c2=O)n1)C(O)c1ccc(Cl)cc1. The van der Waals surface area contributed by atoms with Crippen LogP contribution in [0.15, 0.2) is 44.6 Å². The van der Waals surface area contributed by atoms with E-state index in [1.807, 2.05) is 0 Å². The van der Waals surface area contributed by atoms with Gasteiger partial charge in [0.15, 0.2) is 5.82 Å². The lowest BCUT2D eigenvalue weighted by molar-refractivity contribution is 0.152. The Morgan fingerprint density at radius 3 is 2.57 bits per heavy atom. The standard InChI is InChI=1S/C17H15B2ClN4O4/c1-9-7-23(2)16(27)24(14(9)26)8-12-21-15(22-28-12)17(18,19)13(25)10-3-5-11(20)6-4-10/h3-7,13,25H,8H2,1-2H3. The first kappa shape index (κ1) is 20.2. The van der Waals surface area contributed by atoms with Crippen LogP contribution in [-0.4, -0.2) is 40.1 Å². The zero-order valence-electron chi connectivity index (χ0n) is 15.2. The van der Waals surface area contributed by atoms with Crippen molar-refractivity contribution in [3.8, 4) is 0 Å². The molecule has 11 heteroatoms. The van der Waals surface area contributed by atoms with Gasteiger partial charge in [-0.3, -0.25) is 9.36 Å². The van der Waals surface area contributed by atoms with Gasteiger partial charge in [0.05, 0.1) is 21.8 Å². The first-order chi connectivity index (χ1) is 13.1. The molecule has 0 amide bonds. The summed E-state index contributed by atoms with van der Waals surface area (Å²) in [6.07, 6.45) is 0.0815. The summed E-state index contributed by atoms with van der Waals surface area (Å²) in [5.41, 5.74) is -0.226. The maximum absolute atomic E-state index is 12.2. The zero-order chi connectivity index (χ0) is 20.6. The number of aryl methyl sites for hydroxylation is 2. The predicted molar refractivity (Wildman–Crippen MR) is 104 cm³/mol. The molecule has 0 aliphatic carbocycles. The lowest BCUT2D eigenvalue weighted by atomic mass is 9.50. The quantitative estimate of drug-likeness (QED) is 0.617. The van der Waals surface area contributed by atoms with E-state index in [0.717, 1.165) is 4.57 Å². The van der Waals surface area contributed by atoms with E-state index in [0.29, 0.717) is 16.1 Å². The highest BCUT2D eigenvalue weighted by molar-refractivity contribution is 6.40.